The molecule has 0 aliphatic carbocycles. The van der Waals surface area contributed by atoms with Gasteiger partial charge in [-0.05, 0) is 18.2 Å². The molecule has 31 heavy (non-hydrogen) atoms. The topological polar surface area (TPSA) is 85.4 Å². The van der Waals surface area contributed by atoms with E-state index in [2.05, 4.69) is 62.8 Å². The Bertz CT molecular complexity index is 916. The van der Waals surface area contributed by atoms with E-state index in [1.54, 1.807) is 36.4 Å². The van der Waals surface area contributed by atoms with Crippen LogP contribution in [0.3, 0.4) is 0 Å². The SMILES string of the molecule is C=Cc1c(NCOCC[Si](C)(C)C)ncnc1Oc1cccc(NC(=O)/C=C/CBr)c1. The van der Waals surface area contributed by atoms with Gasteiger partial charge in [-0.15, -0.1) is 0 Å². The molecule has 1 aromatic heterocycles. The molecule has 1 amide bonds. The lowest BCUT2D eigenvalue weighted by atomic mass is 10.2. The standard InChI is InChI=1S/C22H29BrN4O3Si/c1-5-19-21(26-16-29-12-13-31(2,3)4)24-15-25-22(19)30-18-9-6-8-17(14-18)27-20(28)10-7-11-23/h5-10,14-15H,1,11-13,16H2,2-4H3,(H,27,28)(H,24,25,26)/b10-7+. The molecule has 7 nitrogen and oxygen atoms in total. The van der Waals surface area contributed by atoms with E-state index in [4.69, 9.17) is 9.47 Å². The van der Waals surface area contributed by atoms with Gasteiger partial charge in [0.1, 0.15) is 24.6 Å². The third-order valence-corrected chi connectivity index (χ3v) is 6.14. The number of hydrogen-bond donors (Lipinski definition) is 2. The zero-order valence-electron chi connectivity index (χ0n) is 18.2. The van der Waals surface area contributed by atoms with Gasteiger partial charge in [-0.1, -0.05) is 60.4 Å². The number of aromatic nitrogens is 2. The lowest BCUT2D eigenvalue weighted by Gasteiger charge is -2.16. The first kappa shape index (κ1) is 24.8. The highest BCUT2D eigenvalue weighted by Crippen LogP contribution is 2.29. The number of rotatable bonds is 12. The second kappa shape index (κ2) is 12.4. The first-order valence-electron chi connectivity index (χ1n) is 9.93. The second-order valence-corrected chi connectivity index (χ2v) is 14.1. The van der Waals surface area contributed by atoms with Crippen molar-refractivity contribution in [3.8, 4) is 11.6 Å². The fourth-order valence-corrected chi connectivity index (χ4v) is 3.38. The first-order chi connectivity index (χ1) is 14.8. The Morgan fingerprint density at radius 2 is 2.10 bits per heavy atom. The highest BCUT2D eigenvalue weighted by Gasteiger charge is 2.13. The van der Waals surface area contributed by atoms with E-state index in [1.807, 2.05) is 0 Å². The molecule has 0 fully saturated rings. The van der Waals surface area contributed by atoms with Crippen LogP contribution in [0.25, 0.3) is 6.08 Å². The van der Waals surface area contributed by atoms with Crippen LogP contribution in [0.2, 0.25) is 25.7 Å². The molecule has 2 rings (SSSR count). The van der Waals surface area contributed by atoms with Crippen molar-refractivity contribution in [1.82, 2.24) is 9.97 Å². The predicted octanol–water partition coefficient (Wildman–Crippen LogP) is 5.53. The summed E-state index contributed by atoms with van der Waals surface area (Å²) >= 11 is 3.24. The van der Waals surface area contributed by atoms with Crippen molar-refractivity contribution in [2.75, 3.05) is 29.3 Å². The van der Waals surface area contributed by atoms with Gasteiger partial charge in [0.05, 0.1) is 5.56 Å². The summed E-state index contributed by atoms with van der Waals surface area (Å²) in [5.41, 5.74) is 1.25. The van der Waals surface area contributed by atoms with Crippen molar-refractivity contribution in [2.24, 2.45) is 0 Å². The fourth-order valence-electron chi connectivity index (χ4n) is 2.44. The minimum absolute atomic E-state index is 0.217. The van der Waals surface area contributed by atoms with Crippen molar-refractivity contribution in [1.29, 1.82) is 0 Å². The number of nitrogens with one attached hydrogen (secondary N) is 2. The molecule has 0 atom stereocenters. The zero-order chi connectivity index (χ0) is 22.7. The molecule has 0 aliphatic heterocycles. The molecule has 1 aromatic carbocycles. The third-order valence-electron chi connectivity index (χ3n) is 4.06. The molecular formula is C22H29BrN4O3Si. The number of ether oxygens (including phenoxy) is 2. The van der Waals surface area contributed by atoms with Crippen molar-refractivity contribution in [3.63, 3.8) is 0 Å². The van der Waals surface area contributed by atoms with Crippen LogP contribution in [0.1, 0.15) is 5.56 Å². The van der Waals surface area contributed by atoms with Gasteiger partial charge in [0, 0.05) is 37.8 Å². The van der Waals surface area contributed by atoms with Crippen molar-refractivity contribution >= 4 is 47.5 Å². The molecule has 9 heteroatoms. The van der Waals surface area contributed by atoms with Crippen LogP contribution in [0, 0.1) is 0 Å². The lowest BCUT2D eigenvalue weighted by molar-refractivity contribution is -0.111. The molecule has 0 spiro atoms. The molecular weight excluding hydrogens is 476 g/mol. The molecule has 0 unspecified atom stereocenters. The smallest absolute Gasteiger partial charge is 0.248 e. The summed E-state index contributed by atoms with van der Waals surface area (Å²) in [5.74, 6) is 1.25. The van der Waals surface area contributed by atoms with E-state index in [9.17, 15) is 4.79 Å². The summed E-state index contributed by atoms with van der Waals surface area (Å²) in [5, 5.41) is 6.56. The van der Waals surface area contributed by atoms with Crippen LogP contribution in [-0.4, -0.2) is 42.6 Å². The normalized spacial score (nSPS) is 11.4. The zero-order valence-corrected chi connectivity index (χ0v) is 20.7. The van der Waals surface area contributed by atoms with Crippen LogP contribution in [0.5, 0.6) is 11.6 Å². The van der Waals surface area contributed by atoms with Gasteiger partial charge in [0.25, 0.3) is 0 Å². The van der Waals surface area contributed by atoms with Crippen LogP contribution >= 0.6 is 15.9 Å². The summed E-state index contributed by atoms with van der Waals surface area (Å²) in [6.07, 6.45) is 6.24. The minimum Gasteiger partial charge on any atom is -0.438 e. The minimum atomic E-state index is -1.13. The molecule has 0 saturated carbocycles. The molecule has 0 aliphatic rings. The highest BCUT2D eigenvalue weighted by atomic mass is 79.9. The average molecular weight is 505 g/mol. The fraction of sp³-hybridized carbons (Fsp3) is 0.318. The molecule has 0 radical (unpaired) electrons. The molecule has 0 saturated heterocycles. The van der Waals surface area contributed by atoms with E-state index in [0.717, 1.165) is 6.04 Å². The molecule has 0 bridgehead atoms. The van der Waals surface area contributed by atoms with E-state index in [1.165, 1.54) is 12.4 Å². The Balaban J connectivity index is 2.04. The van der Waals surface area contributed by atoms with Crippen LogP contribution < -0.4 is 15.4 Å². The Hall–Kier alpha value is -2.49. The van der Waals surface area contributed by atoms with Gasteiger partial charge in [-0.2, -0.15) is 0 Å². The lowest BCUT2D eigenvalue weighted by Crippen LogP contribution is -2.22. The number of halogens is 1. The number of alkyl halides is 1. The number of hydrogen-bond acceptors (Lipinski definition) is 6. The Morgan fingerprint density at radius 3 is 2.81 bits per heavy atom. The predicted molar refractivity (Wildman–Crippen MR) is 133 cm³/mol. The van der Waals surface area contributed by atoms with Gasteiger partial charge >= 0.3 is 0 Å². The largest absolute Gasteiger partial charge is 0.438 e. The van der Waals surface area contributed by atoms with Gasteiger partial charge in [0.2, 0.25) is 11.8 Å². The highest BCUT2D eigenvalue weighted by molar-refractivity contribution is 9.09. The Kier molecular flexibility index (Phi) is 9.90. The average Bonchev–Trinajstić information content (AvgIpc) is 2.71. The van der Waals surface area contributed by atoms with E-state index in [-0.39, 0.29) is 5.91 Å². The van der Waals surface area contributed by atoms with E-state index in [0.29, 0.717) is 47.4 Å². The van der Waals surface area contributed by atoms with Gasteiger partial charge in [-0.25, -0.2) is 9.97 Å². The number of nitrogens with zero attached hydrogens (tertiary/aromatic N) is 2. The Labute approximate surface area is 193 Å². The van der Waals surface area contributed by atoms with Crippen LogP contribution in [0.15, 0.2) is 49.3 Å². The van der Waals surface area contributed by atoms with Crippen molar-refractivity contribution in [2.45, 2.75) is 25.7 Å². The molecule has 166 valence electrons. The van der Waals surface area contributed by atoms with Crippen LogP contribution in [0.4, 0.5) is 11.5 Å². The summed E-state index contributed by atoms with van der Waals surface area (Å²) in [6.45, 7) is 11.8. The maximum atomic E-state index is 11.9. The number of amides is 1. The van der Waals surface area contributed by atoms with Gasteiger partial charge in [-0.3, -0.25) is 4.79 Å². The summed E-state index contributed by atoms with van der Waals surface area (Å²) < 4.78 is 11.6. The van der Waals surface area contributed by atoms with Crippen LogP contribution in [-0.2, 0) is 9.53 Å². The van der Waals surface area contributed by atoms with Gasteiger partial charge in [0.15, 0.2) is 0 Å². The summed E-state index contributed by atoms with van der Waals surface area (Å²) in [6, 6.07) is 8.18. The maximum absolute atomic E-state index is 11.9. The quantitative estimate of drug-likeness (QED) is 0.130. The third kappa shape index (κ3) is 9.03. The molecule has 2 N–H and O–H groups in total. The van der Waals surface area contributed by atoms with Crippen molar-refractivity contribution in [3.05, 3.63) is 54.9 Å². The molecule has 2 aromatic rings. The van der Waals surface area contributed by atoms with Gasteiger partial charge < -0.3 is 20.1 Å². The molecule has 1 heterocycles. The number of carbonyl (C=O) groups excluding carboxylic acids is 1. The maximum Gasteiger partial charge on any atom is 0.248 e. The second-order valence-electron chi connectivity index (χ2n) is 7.86. The number of benzene rings is 1. The summed E-state index contributed by atoms with van der Waals surface area (Å²) in [4.78, 5) is 20.4. The van der Waals surface area contributed by atoms with Crippen molar-refractivity contribution < 1.29 is 14.3 Å². The Morgan fingerprint density at radius 1 is 1.29 bits per heavy atom. The summed E-state index contributed by atoms with van der Waals surface area (Å²) in [7, 11) is -1.13. The first-order valence-corrected chi connectivity index (χ1v) is 14.8. The van der Waals surface area contributed by atoms with E-state index >= 15 is 0 Å². The number of allylic oxidation sites excluding steroid dienone is 1. The number of carbonyl (C=O) groups is 1. The monoisotopic (exact) mass is 504 g/mol. The van der Waals surface area contributed by atoms with E-state index < -0.39 is 8.07 Å². The number of anilines is 2.